The second-order valence-electron chi connectivity index (χ2n) is 4.80. The van der Waals surface area contributed by atoms with Gasteiger partial charge < -0.3 is 0 Å². The number of hydrogen-bond donors (Lipinski definition) is 2. The van der Waals surface area contributed by atoms with Crippen LogP contribution < -0.4 is 11.3 Å². The van der Waals surface area contributed by atoms with Crippen LogP contribution in [0.5, 0.6) is 0 Å². The third-order valence-corrected chi connectivity index (χ3v) is 3.24. The molecule has 0 radical (unpaired) electrons. The smallest absolute Gasteiger partial charge is 0.163 e. The molecule has 1 atom stereocenters. The average molecular weight is 298 g/mol. The van der Waals surface area contributed by atoms with Crippen LogP contribution >= 0.6 is 0 Å². The molecule has 112 valence electrons. The average Bonchev–Trinajstić information content (AvgIpc) is 2.42. The number of benzene rings is 2. The quantitative estimate of drug-likeness (QED) is 0.516. The Bertz CT molecular complexity index is 638. The van der Waals surface area contributed by atoms with E-state index in [-0.39, 0.29) is 23.1 Å². The highest BCUT2D eigenvalue weighted by Crippen LogP contribution is 2.24. The molecule has 0 amide bonds. The molecule has 2 nitrogen and oxygen atoms in total. The number of nitrogens with two attached hydrogens (primary N) is 1. The van der Waals surface area contributed by atoms with Crippen LogP contribution in [0.1, 0.15) is 22.7 Å². The van der Waals surface area contributed by atoms with Gasteiger partial charge in [-0.1, -0.05) is 12.1 Å². The summed E-state index contributed by atoms with van der Waals surface area (Å²) in [5.74, 6) is 1.90. The van der Waals surface area contributed by atoms with Crippen molar-refractivity contribution in [2.24, 2.45) is 5.84 Å². The Morgan fingerprint density at radius 3 is 2.19 bits per heavy atom. The maximum absolute atomic E-state index is 13.9. The van der Waals surface area contributed by atoms with Gasteiger partial charge in [0, 0.05) is 11.6 Å². The van der Waals surface area contributed by atoms with E-state index in [2.05, 4.69) is 5.43 Å². The number of nitrogens with one attached hydrogen (secondary N) is 1. The molecule has 0 aliphatic rings. The van der Waals surface area contributed by atoms with Gasteiger partial charge in [-0.25, -0.2) is 17.6 Å². The molecule has 0 fully saturated rings. The summed E-state index contributed by atoms with van der Waals surface area (Å²) in [6.07, 6.45) is 0.0185. The number of hydrogen-bond acceptors (Lipinski definition) is 2. The molecule has 0 saturated carbocycles. The van der Waals surface area contributed by atoms with Crippen molar-refractivity contribution >= 4 is 0 Å². The van der Waals surface area contributed by atoms with Gasteiger partial charge in [0.2, 0.25) is 0 Å². The van der Waals surface area contributed by atoms with Crippen LogP contribution in [0.4, 0.5) is 17.6 Å². The van der Waals surface area contributed by atoms with Crippen molar-refractivity contribution in [1.29, 1.82) is 0 Å². The van der Waals surface area contributed by atoms with Gasteiger partial charge in [-0.05, 0) is 36.6 Å². The van der Waals surface area contributed by atoms with Gasteiger partial charge in [-0.3, -0.25) is 11.3 Å². The highest BCUT2D eigenvalue weighted by atomic mass is 19.2. The zero-order valence-corrected chi connectivity index (χ0v) is 11.3. The van der Waals surface area contributed by atoms with Crippen LogP contribution in [-0.2, 0) is 6.42 Å². The lowest BCUT2D eigenvalue weighted by Crippen LogP contribution is -2.30. The summed E-state index contributed by atoms with van der Waals surface area (Å²) in [6, 6.07) is 4.99. The summed E-state index contributed by atoms with van der Waals surface area (Å²) >= 11 is 0. The van der Waals surface area contributed by atoms with E-state index in [0.717, 1.165) is 18.2 Å². The van der Waals surface area contributed by atoms with E-state index in [4.69, 9.17) is 5.84 Å². The Labute approximate surface area is 119 Å². The van der Waals surface area contributed by atoms with Crippen molar-refractivity contribution in [2.75, 3.05) is 0 Å². The van der Waals surface area contributed by atoms with E-state index in [1.165, 1.54) is 19.1 Å². The first-order valence-corrected chi connectivity index (χ1v) is 6.28. The lowest BCUT2D eigenvalue weighted by atomic mass is 9.97. The van der Waals surface area contributed by atoms with Crippen molar-refractivity contribution in [3.63, 3.8) is 0 Å². The van der Waals surface area contributed by atoms with Gasteiger partial charge in [0.1, 0.15) is 11.6 Å². The number of hydrazine groups is 1. The molecular formula is C15H14F4N2. The third-order valence-electron chi connectivity index (χ3n) is 3.24. The lowest BCUT2D eigenvalue weighted by molar-refractivity contribution is 0.460. The minimum Gasteiger partial charge on any atom is -0.271 e. The number of rotatable bonds is 4. The fourth-order valence-electron chi connectivity index (χ4n) is 2.15. The molecule has 0 heterocycles. The topological polar surface area (TPSA) is 38.0 Å². The van der Waals surface area contributed by atoms with Crippen LogP contribution in [0.2, 0.25) is 0 Å². The maximum Gasteiger partial charge on any atom is 0.163 e. The lowest BCUT2D eigenvalue weighted by Gasteiger charge is -2.18. The SMILES string of the molecule is Cc1ccc(C(Cc2cc(F)cc(F)c2)NN)c(F)c1F. The first-order chi connectivity index (χ1) is 9.92. The van der Waals surface area contributed by atoms with Gasteiger partial charge in [0.05, 0.1) is 6.04 Å². The third kappa shape index (κ3) is 3.40. The molecule has 0 aromatic heterocycles. The van der Waals surface area contributed by atoms with Crippen molar-refractivity contribution in [3.8, 4) is 0 Å². The van der Waals surface area contributed by atoms with Crippen LogP contribution in [0.15, 0.2) is 30.3 Å². The van der Waals surface area contributed by atoms with E-state index < -0.39 is 29.3 Å². The van der Waals surface area contributed by atoms with Crippen LogP contribution in [0, 0.1) is 30.2 Å². The molecule has 2 aromatic rings. The fourth-order valence-corrected chi connectivity index (χ4v) is 2.15. The summed E-state index contributed by atoms with van der Waals surface area (Å²) in [4.78, 5) is 0. The Morgan fingerprint density at radius 1 is 1.00 bits per heavy atom. The predicted molar refractivity (Wildman–Crippen MR) is 71.2 cm³/mol. The standard InChI is InChI=1S/C15H14F4N2/c1-8-2-3-12(15(19)14(8)18)13(21-20)6-9-4-10(16)7-11(17)5-9/h2-5,7,13,21H,6,20H2,1H3. The van der Waals surface area contributed by atoms with Crippen LogP contribution in [0.3, 0.4) is 0 Å². The molecule has 0 aliphatic heterocycles. The van der Waals surface area contributed by atoms with Gasteiger partial charge in [-0.2, -0.15) is 0 Å². The number of aryl methyl sites for hydroxylation is 1. The Hall–Kier alpha value is -1.92. The van der Waals surface area contributed by atoms with Gasteiger partial charge >= 0.3 is 0 Å². The molecular weight excluding hydrogens is 284 g/mol. The van der Waals surface area contributed by atoms with E-state index in [0.29, 0.717) is 0 Å². The van der Waals surface area contributed by atoms with Gasteiger partial charge in [0.15, 0.2) is 11.6 Å². The molecule has 6 heteroatoms. The maximum atomic E-state index is 13.9. The van der Waals surface area contributed by atoms with Crippen molar-refractivity contribution < 1.29 is 17.6 Å². The summed E-state index contributed by atoms with van der Waals surface area (Å²) in [5.41, 5.74) is 2.80. The van der Waals surface area contributed by atoms with E-state index in [1.807, 2.05) is 0 Å². The minimum absolute atomic E-state index is 0.00488. The van der Waals surface area contributed by atoms with Gasteiger partial charge in [0.25, 0.3) is 0 Å². The van der Waals surface area contributed by atoms with Gasteiger partial charge in [-0.15, -0.1) is 0 Å². The van der Waals surface area contributed by atoms with E-state index in [9.17, 15) is 17.6 Å². The molecule has 0 spiro atoms. The van der Waals surface area contributed by atoms with Crippen molar-refractivity contribution in [2.45, 2.75) is 19.4 Å². The summed E-state index contributed by atoms with van der Waals surface area (Å²) < 4.78 is 53.8. The summed E-state index contributed by atoms with van der Waals surface area (Å²) in [7, 11) is 0. The first kappa shape index (κ1) is 15.5. The molecule has 2 aromatic carbocycles. The Kier molecular flexibility index (Phi) is 4.59. The highest BCUT2D eigenvalue weighted by Gasteiger charge is 2.19. The molecule has 2 rings (SSSR count). The first-order valence-electron chi connectivity index (χ1n) is 6.28. The minimum atomic E-state index is -1.02. The summed E-state index contributed by atoms with van der Waals surface area (Å²) in [5, 5.41) is 0. The van der Waals surface area contributed by atoms with E-state index in [1.54, 1.807) is 0 Å². The molecule has 0 aliphatic carbocycles. The molecule has 1 unspecified atom stereocenters. The van der Waals surface area contributed by atoms with Crippen LogP contribution in [0.25, 0.3) is 0 Å². The van der Waals surface area contributed by atoms with Crippen molar-refractivity contribution in [3.05, 3.63) is 70.3 Å². The zero-order chi connectivity index (χ0) is 15.6. The Balaban J connectivity index is 2.34. The molecule has 0 saturated heterocycles. The summed E-state index contributed by atoms with van der Waals surface area (Å²) in [6.45, 7) is 1.44. The van der Waals surface area contributed by atoms with E-state index >= 15 is 0 Å². The van der Waals surface area contributed by atoms with Crippen molar-refractivity contribution in [1.82, 2.24) is 5.43 Å². The predicted octanol–water partition coefficient (Wildman–Crippen LogP) is 3.30. The second kappa shape index (κ2) is 6.24. The highest BCUT2D eigenvalue weighted by molar-refractivity contribution is 5.30. The number of halogens is 4. The largest absolute Gasteiger partial charge is 0.271 e. The molecule has 0 bridgehead atoms. The zero-order valence-electron chi connectivity index (χ0n) is 11.3. The monoisotopic (exact) mass is 298 g/mol. The second-order valence-corrected chi connectivity index (χ2v) is 4.80. The Morgan fingerprint density at radius 2 is 1.62 bits per heavy atom. The van der Waals surface area contributed by atoms with Crippen LogP contribution in [-0.4, -0.2) is 0 Å². The molecule has 3 N–H and O–H groups in total. The normalized spacial score (nSPS) is 12.5. The molecule has 21 heavy (non-hydrogen) atoms. The fraction of sp³-hybridized carbons (Fsp3) is 0.200.